The lowest BCUT2D eigenvalue weighted by Crippen LogP contribution is -2.50. The van der Waals surface area contributed by atoms with Crippen LogP contribution < -0.4 is 10.6 Å². The van der Waals surface area contributed by atoms with Crippen molar-refractivity contribution >= 4 is 23.3 Å². The van der Waals surface area contributed by atoms with Gasteiger partial charge in [0.05, 0.1) is 13.2 Å². The first-order valence-corrected chi connectivity index (χ1v) is 7.29. The standard InChI is InChI=1S/C16H20N2O2S/c1-9(2)11-5-7-12(8-6-11)14-13(15(19)20-4)10(3)17-16(21)18-14/h5-9,13-14H,3H2,1-2,4H3,(H2,17,18,21). The minimum atomic E-state index is -0.508. The summed E-state index contributed by atoms with van der Waals surface area (Å²) in [5.41, 5.74) is 2.80. The van der Waals surface area contributed by atoms with Gasteiger partial charge in [-0.1, -0.05) is 44.7 Å². The topological polar surface area (TPSA) is 50.4 Å². The fourth-order valence-corrected chi connectivity index (χ4v) is 2.71. The second-order valence-electron chi connectivity index (χ2n) is 5.42. The molecule has 2 unspecified atom stereocenters. The van der Waals surface area contributed by atoms with Crippen molar-refractivity contribution in [2.24, 2.45) is 5.92 Å². The fraction of sp³-hybridized carbons (Fsp3) is 0.375. The maximum atomic E-state index is 12.0. The van der Waals surface area contributed by atoms with E-state index in [0.717, 1.165) is 5.56 Å². The predicted molar refractivity (Wildman–Crippen MR) is 86.8 cm³/mol. The van der Waals surface area contributed by atoms with Crippen LogP contribution in [0.15, 0.2) is 36.5 Å². The highest BCUT2D eigenvalue weighted by Gasteiger charge is 2.37. The molecule has 0 saturated carbocycles. The molecule has 5 heteroatoms. The van der Waals surface area contributed by atoms with Crippen LogP contribution in [0.25, 0.3) is 0 Å². The van der Waals surface area contributed by atoms with E-state index in [1.165, 1.54) is 12.7 Å². The molecule has 0 aromatic heterocycles. The van der Waals surface area contributed by atoms with Gasteiger partial charge in [0.25, 0.3) is 0 Å². The molecular weight excluding hydrogens is 284 g/mol. The Hall–Kier alpha value is -1.88. The number of hydrogen-bond donors (Lipinski definition) is 2. The summed E-state index contributed by atoms with van der Waals surface area (Å²) in [4.78, 5) is 12.0. The van der Waals surface area contributed by atoms with E-state index in [9.17, 15) is 4.79 Å². The van der Waals surface area contributed by atoms with Crippen LogP contribution >= 0.6 is 12.2 Å². The first kappa shape index (κ1) is 15.5. The Morgan fingerprint density at radius 1 is 1.33 bits per heavy atom. The van der Waals surface area contributed by atoms with Crippen LogP contribution in [0.5, 0.6) is 0 Å². The molecule has 1 aromatic carbocycles. The van der Waals surface area contributed by atoms with Crippen molar-refractivity contribution in [2.75, 3.05) is 7.11 Å². The average Bonchev–Trinajstić information content (AvgIpc) is 2.45. The summed E-state index contributed by atoms with van der Waals surface area (Å²) in [6, 6.07) is 7.92. The average molecular weight is 304 g/mol. The molecule has 112 valence electrons. The van der Waals surface area contributed by atoms with Crippen molar-refractivity contribution < 1.29 is 9.53 Å². The molecule has 2 N–H and O–H groups in total. The molecule has 1 saturated heterocycles. The normalized spacial score (nSPS) is 21.7. The van der Waals surface area contributed by atoms with Crippen molar-refractivity contribution in [3.8, 4) is 0 Å². The second-order valence-corrected chi connectivity index (χ2v) is 5.83. The summed E-state index contributed by atoms with van der Waals surface area (Å²) in [6.07, 6.45) is 0. The lowest BCUT2D eigenvalue weighted by Gasteiger charge is -2.34. The third-order valence-corrected chi connectivity index (χ3v) is 3.91. The van der Waals surface area contributed by atoms with E-state index >= 15 is 0 Å². The van der Waals surface area contributed by atoms with Gasteiger partial charge in [0.2, 0.25) is 0 Å². The van der Waals surface area contributed by atoms with Gasteiger partial charge in [0.15, 0.2) is 5.11 Å². The maximum Gasteiger partial charge on any atom is 0.317 e. The zero-order valence-electron chi connectivity index (χ0n) is 12.5. The number of methoxy groups -OCH3 is 1. The smallest absolute Gasteiger partial charge is 0.317 e. The molecule has 1 aromatic rings. The Labute approximate surface area is 130 Å². The Morgan fingerprint density at radius 2 is 1.95 bits per heavy atom. The fourth-order valence-electron chi connectivity index (χ4n) is 2.45. The van der Waals surface area contributed by atoms with Crippen molar-refractivity contribution in [3.63, 3.8) is 0 Å². The Morgan fingerprint density at radius 3 is 2.48 bits per heavy atom. The van der Waals surface area contributed by atoms with Crippen molar-refractivity contribution in [1.29, 1.82) is 0 Å². The van der Waals surface area contributed by atoms with Crippen molar-refractivity contribution in [1.82, 2.24) is 10.6 Å². The molecule has 4 nitrogen and oxygen atoms in total. The number of carbonyl (C=O) groups is 1. The van der Waals surface area contributed by atoms with E-state index in [-0.39, 0.29) is 12.0 Å². The van der Waals surface area contributed by atoms with E-state index in [1.54, 1.807) is 0 Å². The number of carbonyl (C=O) groups excluding carboxylic acids is 1. The maximum absolute atomic E-state index is 12.0. The Balaban J connectivity index is 2.34. The van der Waals surface area contributed by atoms with Gasteiger partial charge in [0.1, 0.15) is 5.92 Å². The van der Waals surface area contributed by atoms with Crippen molar-refractivity contribution in [2.45, 2.75) is 25.8 Å². The lowest BCUT2D eigenvalue weighted by atomic mass is 9.88. The van der Waals surface area contributed by atoms with Crippen LogP contribution in [0.3, 0.4) is 0 Å². The zero-order chi connectivity index (χ0) is 15.6. The highest BCUT2D eigenvalue weighted by molar-refractivity contribution is 7.80. The molecule has 0 spiro atoms. The zero-order valence-corrected chi connectivity index (χ0v) is 13.3. The molecule has 0 amide bonds. The highest BCUT2D eigenvalue weighted by Crippen LogP contribution is 2.31. The van der Waals surface area contributed by atoms with Gasteiger partial charge in [-0.15, -0.1) is 0 Å². The molecule has 1 aliphatic rings. The molecule has 2 atom stereocenters. The van der Waals surface area contributed by atoms with Gasteiger partial charge in [-0.25, -0.2) is 0 Å². The summed E-state index contributed by atoms with van der Waals surface area (Å²) in [6.45, 7) is 8.19. The van der Waals surface area contributed by atoms with E-state index in [4.69, 9.17) is 17.0 Å². The van der Waals surface area contributed by atoms with E-state index in [2.05, 4.69) is 43.2 Å². The first-order valence-electron chi connectivity index (χ1n) is 6.88. The quantitative estimate of drug-likeness (QED) is 0.664. The number of hydrogen-bond acceptors (Lipinski definition) is 3. The molecule has 21 heavy (non-hydrogen) atoms. The Bertz CT molecular complexity index is 566. The summed E-state index contributed by atoms with van der Waals surface area (Å²) < 4.78 is 4.89. The molecule has 2 rings (SSSR count). The van der Waals surface area contributed by atoms with Gasteiger partial charge >= 0.3 is 5.97 Å². The molecule has 1 heterocycles. The number of benzene rings is 1. The number of esters is 1. The van der Waals surface area contributed by atoms with Gasteiger partial charge in [0, 0.05) is 5.70 Å². The first-order chi connectivity index (χ1) is 9.93. The Kier molecular flexibility index (Phi) is 4.63. The molecule has 0 bridgehead atoms. The van der Waals surface area contributed by atoms with E-state index in [1.807, 2.05) is 12.1 Å². The second kappa shape index (κ2) is 6.26. The lowest BCUT2D eigenvalue weighted by molar-refractivity contribution is -0.145. The SMILES string of the molecule is C=C1NC(=S)NC(c2ccc(C(C)C)cc2)C1C(=O)OC. The summed E-state index contributed by atoms with van der Waals surface area (Å²) in [5.74, 6) is -0.375. The van der Waals surface area contributed by atoms with Crippen LogP contribution in [0, 0.1) is 5.92 Å². The third-order valence-electron chi connectivity index (χ3n) is 3.69. The third kappa shape index (κ3) is 3.24. The summed E-state index contributed by atoms with van der Waals surface area (Å²) in [7, 11) is 1.38. The number of thiocarbonyl (C=S) groups is 1. The van der Waals surface area contributed by atoms with Crippen LogP contribution in [-0.4, -0.2) is 18.2 Å². The molecule has 1 fully saturated rings. The minimum absolute atomic E-state index is 0.264. The van der Waals surface area contributed by atoms with E-state index in [0.29, 0.717) is 16.7 Å². The van der Waals surface area contributed by atoms with Crippen LogP contribution in [0.1, 0.15) is 36.9 Å². The molecule has 0 aliphatic carbocycles. The number of ether oxygens (including phenoxy) is 1. The van der Waals surface area contributed by atoms with Gasteiger partial charge in [-0.2, -0.15) is 0 Å². The van der Waals surface area contributed by atoms with Gasteiger partial charge in [-0.3, -0.25) is 4.79 Å². The predicted octanol–water partition coefficient (Wildman–Crippen LogP) is 2.63. The number of rotatable bonds is 3. The summed E-state index contributed by atoms with van der Waals surface area (Å²) >= 11 is 5.17. The van der Waals surface area contributed by atoms with Crippen LogP contribution in [0.2, 0.25) is 0 Å². The van der Waals surface area contributed by atoms with Gasteiger partial charge in [-0.05, 0) is 29.3 Å². The van der Waals surface area contributed by atoms with E-state index < -0.39 is 5.92 Å². The van der Waals surface area contributed by atoms with Gasteiger partial charge < -0.3 is 15.4 Å². The number of nitrogens with one attached hydrogen (secondary N) is 2. The molecule has 1 aliphatic heterocycles. The molecule has 0 radical (unpaired) electrons. The summed E-state index contributed by atoms with van der Waals surface area (Å²) in [5, 5.41) is 6.51. The van der Waals surface area contributed by atoms with Crippen LogP contribution in [-0.2, 0) is 9.53 Å². The highest BCUT2D eigenvalue weighted by atomic mass is 32.1. The molecular formula is C16H20N2O2S. The van der Waals surface area contributed by atoms with Crippen LogP contribution in [0.4, 0.5) is 0 Å². The largest absolute Gasteiger partial charge is 0.468 e. The monoisotopic (exact) mass is 304 g/mol. The minimum Gasteiger partial charge on any atom is -0.468 e. The van der Waals surface area contributed by atoms with Crippen molar-refractivity contribution in [3.05, 3.63) is 47.7 Å².